The van der Waals surface area contributed by atoms with Crippen LogP contribution in [0.5, 0.6) is 0 Å². The molecule has 1 aromatic carbocycles. The number of sulfonamides is 1. The van der Waals surface area contributed by atoms with E-state index in [1.54, 1.807) is 49.5 Å². The van der Waals surface area contributed by atoms with Crippen LogP contribution in [0.2, 0.25) is 5.02 Å². The summed E-state index contributed by atoms with van der Waals surface area (Å²) in [5.74, 6) is -0.297. The topological polar surface area (TPSA) is 79.4 Å². The molecule has 0 radical (unpaired) electrons. The molecule has 1 aromatic heterocycles. The zero-order valence-electron chi connectivity index (χ0n) is 14.4. The smallest absolute Gasteiger partial charge is 0.270 e. The number of halogens is 1. The molecule has 1 saturated heterocycles. The number of nitrogens with one attached hydrogen (secondary N) is 1. The third-order valence-corrected chi connectivity index (χ3v) is 6.87. The first kappa shape index (κ1) is 18.8. The number of aromatic nitrogens is 1. The summed E-state index contributed by atoms with van der Waals surface area (Å²) >= 11 is 6.08. The van der Waals surface area contributed by atoms with Crippen molar-refractivity contribution in [1.82, 2.24) is 14.6 Å². The minimum Gasteiger partial charge on any atom is -0.347 e. The van der Waals surface area contributed by atoms with Crippen molar-refractivity contribution in [1.29, 1.82) is 0 Å². The Morgan fingerprint density at radius 2 is 2.08 bits per heavy atom. The summed E-state index contributed by atoms with van der Waals surface area (Å²) in [6.45, 7) is 2.34. The van der Waals surface area contributed by atoms with Gasteiger partial charge in [-0.25, -0.2) is 8.42 Å². The van der Waals surface area contributed by atoms with Crippen LogP contribution in [0.3, 0.4) is 0 Å². The van der Waals surface area contributed by atoms with Crippen molar-refractivity contribution in [3.8, 4) is 0 Å². The van der Waals surface area contributed by atoms with Crippen LogP contribution in [0.1, 0.15) is 28.9 Å². The molecular weight excluding hydrogens is 374 g/mol. The van der Waals surface area contributed by atoms with Gasteiger partial charge in [0.15, 0.2) is 0 Å². The predicted molar refractivity (Wildman–Crippen MR) is 99.7 cm³/mol. The molecule has 1 aliphatic rings. The van der Waals surface area contributed by atoms with E-state index in [0.29, 0.717) is 29.2 Å². The minimum atomic E-state index is -3.67. The molecule has 0 bridgehead atoms. The molecule has 0 saturated carbocycles. The highest BCUT2D eigenvalue weighted by atomic mass is 35.5. The standard InChI is InChI=1S/C18H20ClN3O3S/c1-13-15(19)7-4-9-17(13)26(24,25)22-11-5-6-14(12-22)21-18(23)16-8-2-3-10-20-16/h2-4,7-10,14H,5-6,11-12H2,1H3,(H,21,23)/t14-/m0/s1. The quantitative estimate of drug-likeness (QED) is 0.865. The lowest BCUT2D eigenvalue weighted by Gasteiger charge is -2.32. The fourth-order valence-electron chi connectivity index (χ4n) is 3.04. The molecule has 6 nitrogen and oxygen atoms in total. The van der Waals surface area contributed by atoms with Crippen LogP contribution in [0, 0.1) is 6.92 Å². The molecule has 1 N–H and O–H groups in total. The van der Waals surface area contributed by atoms with Gasteiger partial charge in [-0.1, -0.05) is 23.7 Å². The third-order valence-electron chi connectivity index (χ3n) is 4.45. The van der Waals surface area contributed by atoms with E-state index in [2.05, 4.69) is 10.3 Å². The Balaban J connectivity index is 1.76. The second-order valence-corrected chi connectivity index (χ2v) is 8.57. The molecule has 26 heavy (non-hydrogen) atoms. The van der Waals surface area contributed by atoms with Crippen LogP contribution in [0.15, 0.2) is 47.5 Å². The van der Waals surface area contributed by atoms with Crippen molar-refractivity contribution in [3.63, 3.8) is 0 Å². The molecule has 2 heterocycles. The van der Waals surface area contributed by atoms with Crippen LogP contribution in [-0.4, -0.2) is 42.7 Å². The molecule has 1 fully saturated rings. The monoisotopic (exact) mass is 393 g/mol. The Kier molecular flexibility index (Phi) is 5.60. The van der Waals surface area contributed by atoms with Gasteiger partial charge < -0.3 is 5.32 Å². The summed E-state index contributed by atoms with van der Waals surface area (Å²) in [7, 11) is -3.67. The fraction of sp³-hybridized carbons (Fsp3) is 0.333. The van der Waals surface area contributed by atoms with E-state index in [1.165, 1.54) is 4.31 Å². The van der Waals surface area contributed by atoms with Gasteiger partial charge >= 0.3 is 0 Å². The molecule has 0 spiro atoms. The maximum atomic E-state index is 13.0. The summed E-state index contributed by atoms with van der Waals surface area (Å²) in [4.78, 5) is 16.5. The van der Waals surface area contributed by atoms with Crippen molar-refractivity contribution in [2.45, 2.75) is 30.7 Å². The van der Waals surface area contributed by atoms with Crippen LogP contribution in [0.25, 0.3) is 0 Å². The van der Waals surface area contributed by atoms with Gasteiger partial charge in [-0.3, -0.25) is 9.78 Å². The van der Waals surface area contributed by atoms with Crippen LogP contribution in [0.4, 0.5) is 0 Å². The number of hydrogen-bond donors (Lipinski definition) is 1. The van der Waals surface area contributed by atoms with E-state index in [-0.39, 0.29) is 23.4 Å². The zero-order chi connectivity index (χ0) is 18.7. The minimum absolute atomic E-state index is 0.210. The second kappa shape index (κ2) is 7.73. The molecule has 0 aliphatic carbocycles. The number of pyridine rings is 1. The molecule has 3 rings (SSSR count). The normalized spacial score (nSPS) is 18.5. The van der Waals surface area contributed by atoms with Gasteiger partial charge in [-0.2, -0.15) is 4.31 Å². The molecule has 2 aromatic rings. The zero-order valence-corrected chi connectivity index (χ0v) is 15.9. The summed E-state index contributed by atoms with van der Waals surface area (Å²) in [5.41, 5.74) is 0.854. The number of carbonyl (C=O) groups is 1. The van der Waals surface area contributed by atoms with E-state index in [9.17, 15) is 13.2 Å². The third kappa shape index (κ3) is 3.90. The van der Waals surface area contributed by atoms with Gasteiger partial charge in [0.1, 0.15) is 5.69 Å². The maximum absolute atomic E-state index is 13.0. The van der Waals surface area contributed by atoms with E-state index < -0.39 is 10.0 Å². The first-order chi connectivity index (χ1) is 12.4. The van der Waals surface area contributed by atoms with E-state index >= 15 is 0 Å². The van der Waals surface area contributed by atoms with Gasteiger partial charge in [-0.05, 0) is 49.6 Å². The average Bonchev–Trinajstić information content (AvgIpc) is 2.65. The number of benzene rings is 1. The number of carbonyl (C=O) groups excluding carboxylic acids is 1. The lowest BCUT2D eigenvalue weighted by molar-refractivity contribution is 0.0916. The van der Waals surface area contributed by atoms with Gasteiger partial charge in [0.2, 0.25) is 10.0 Å². The Morgan fingerprint density at radius 1 is 1.27 bits per heavy atom. The van der Waals surface area contributed by atoms with Gasteiger partial charge in [0.05, 0.1) is 4.90 Å². The summed E-state index contributed by atoms with van der Waals surface area (Å²) in [6.07, 6.45) is 2.94. The van der Waals surface area contributed by atoms with E-state index in [0.717, 1.165) is 6.42 Å². The summed E-state index contributed by atoms with van der Waals surface area (Å²) in [5, 5.41) is 3.30. The SMILES string of the molecule is Cc1c(Cl)cccc1S(=O)(=O)N1CCC[C@H](NC(=O)c2ccccn2)C1. The highest BCUT2D eigenvalue weighted by molar-refractivity contribution is 7.89. The fourth-order valence-corrected chi connectivity index (χ4v) is 5.04. The van der Waals surface area contributed by atoms with Crippen LogP contribution >= 0.6 is 11.6 Å². The number of piperidine rings is 1. The van der Waals surface area contributed by atoms with E-state index in [4.69, 9.17) is 11.6 Å². The van der Waals surface area contributed by atoms with Crippen LogP contribution in [-0.2, 0) is 10.0 Å². The van der Waals surface area contributed by atoms with Crippen molar-refractivity contribution in [3.05, 3.63) is 58.9 Å². The van der Waals surface area contributed by atoms with Crippen LogP contribution < -0.4 is 5.32 Å². The Hall–Kier alpha value is -1.96. The summed E-state index contributed by atoms with van der Waals surface area (Å²) in [6, 6.07) is 9.70. The highest BCUT2D eigenvalue weighted by Crippen LogP contribution is 2.27. The lowest BCUT2D eigenvalue weighted by atomic mass is 10.1. The number of nitrogens with zero attached hydrogens (tertiary/aromatic N) is 2. The molecule has 8 heteroatoms. The van der Waals surface area contributed by atoms with Gasteiger partial charge in [0, 0.05) is 30.4 Å². The highest BCUT2D eigenvalue weighted by Gasteiger charge is 2.32. The number of hydrogen-bond acceptors (Lipinski definition) is 4. The molecule has 1 atom stereocenters. The number of rotatable bonds is 4. The largest absolute Gasteiger partial charge is 0.347 e. The first-order valence-corrected chi connectivity index (χ1v) is 10.2. The molecule has 138 valence electrons. The second-order valence-electron chi connectivity index (χ2n) is 6.25. The van der Waals surface area contributed by atoms with Crippen molar-refractivity contribution in [2.24, 2.45) is 0 Å². The average molecular weight is 394 g/mol. The molecule has 1 amide bonds. The number of amides is 1. The predicted octanol–water partition coefficient (Wildman–Crippen LogP) is 2.63. The first-order valence-electron chi connectivity index (χ1n) is 8.37. The molecule has 0 unspecified atom stereocenters. The maximum Gasteiger partial charge on any atom is 0.270 e. The van der Waals surface area contributed by atoms with Crippen molar-refractivity contribution >= 4 is 27.5 Å². The summed E-state index contributed by atoms with van der Waals surface area (Å²) < 4.78 is 27.4. The van der Waals surface area contributed by atoms with Crippen molar-refractivity contribution < 1.29 is 13.2 Å². The van der Waals surface area contributed by atoms with Gasteiger partial charge in [-0.15, -0.1) is 0 Å². The molecule has 1 aliphatic heterocycles. The Labute approximate surface area is 158 Å². The van der Waals surface area contributed by atoms with Gasteiger partial charge in [0.25, 0.3) is 5.91 Å². The Morgan fingerprint density at radius 3 is 2.81 bits per heavy atom. The molecular formula is C18H20ClN3O3S. The van der Waals surface area contributed by atoms with Crippen molar-refractivity contribution in [2.75, 3.05) is 13.1 Å². The Bertz CT molecular complexity index is 903. The lowest BCUT2D eigenvalue weighted by Crippen LogP contribution is -2.49. The van der Waals surface area contributed by atoms with E-state index in [1.807, 2.05) is 0 Å².